The molecule has 1 heterocycles. The van der Waals surface area contributed by atoms with E-state index in [1.54, 1.807) is 0 Å². The summed E-state index contributed by atoms with van der Waals surface area (Å²) in [6, 6.07) is 14.3. The lowest BCUT2D eigenvalue weighted by atomic mass is 10.1. The first-order chi connectivity index (χ1) is 13.4. The summed E-state index contributed by atoms with van der Waals surface area (Å²) in [6.45, 7) is 8.29. The third kappa shape index (κ3) is 4.54. The molecule has 1 aromatic heterocycles. The van der Waals surface area contributed by atoms with Gasteiger partial charge in [0.1, 0.15) is 16.5 Å². The van der Waals surface area contributed by atoms with E-state index in [4.69, 9.17) is 16.3 Å². The zero-order valence-corrected chi connectivity index (χ0v) is 18.3. The van der Waals surface area contributed by atoms with E-state index in [2.05, 4.69) is 28.1 Å². The van der Waals surface area contributed by atoms with Crippen molar-refractivity contribution in [2.45, 2.75) is 33.7 Å². The van der Waals surface area contributed by atoms with E-state index in [-0.39, 0.29) is 0 Å². The Bertz CT molecular complexity index is 983. The Balaban J connectivity index is 1.84. The van der Waals surface area contributed by atoms with Gasteiger partial charge in [-0.15, -0.1) is 0 Å². The molecule has 0 amide bonds. The molecule has 0 atom stereocenters. The Morgan fingerprint density at radius 2 is 1.86 bits per heavy atom. The average molecular weight is 414 g/mol. The van der Waals surface area contributed by atoms with Gasteiger partial charge in [0.05, 0.1) is 12.0 Å². The lowest BCUT2D eigenvalue weighted by Crippen LogP contribution is -2.24. The standard InChI is InChI=1S/C22H24ClN3OS/c1-14(2)26(5)13-24-18-11-16(4)19(12-15(18)3)27-22-20(23)21(25-28-22)17-9-7-6-8-10-17/h6-14H,1-5H3/b24-13-. The van der Waals surface area contributed by atoms with E-state index in [9.17, 15) is 0 Å². The highest BCUT2D eigenvalue weighted by Gasteiger charge is 2.16. The summed E-state index contributed by atoms with van der Waals surface area (Å²) in [6.07, 6.45) is 1.86. The molecular formula is C22H24ClN3OS. The molecule has 0 N–H and O–H groups in total. The summed E-state index contributed by atoms with van der Waals surface area (Å²) in [5.41, 5.74) is 4.69. The smallest absolute Gasteiger partial charge is 0.219 e. The molecule has 0 aliphatic rings. The summed E-state index contributed by atoms with van der Waals surface area (Å²) in [5, 5.41) is 1.13. The molecular weight excluding hydrogens is 390 g/mol. The van der Waals surface area contributed by atoms with Crippen molar-refractivity contribution in [3.05, 3.63) is 58.6 Å². The Kier molecular flexibility index (Phi) is 6.37. The minimum absolute atomic E-state index is 0.403. The zero-order chi connectivity index (χ0) is 20.3. The monoisotopic (exact) mass is 413 g/mol. The fraction of sp³-hybridized carbons (Fsp3) is 0.273. The highest BCUT2D eigenvalue weighted by Crippen LogP contribution is 2.42. The first kappa shape index (κ1) is 20.4. The molecule has 0 saturated heterocycles. The molecule has 146 valence electrons. The van der Waals surface area contributed by atoms with Crippen LogP contribution in [-0.2, 0) is 0 Å². The van der Waals surface area contributed by atoms with Crippen molar-refractivity contribution in [3.8, 4) is 22.1 Å². The topological polar surface area (TPSA) is 37.7 Å². The van der Waals surface area contributed by atoms with E-state index >= 15 is 0 Å². The number of rotatable bonds is 6. The van der Waals surface area contributed by atoms with Crippen LogP contribution in [-0.4, -0.2) is 28.7 Å². The quantitative estimate of drug-likeness (QED) is 0.326. The van der Waals surface area contributed by atoms with Crippen molar-refractivity contribution in [1.29, 1.82) is 0 Å². The van der Waals surface area contributed by atoms with Gasteiger partial charge >= 0.3 is 0 Å². The fourth-order valence-corrected chi connectivity index (χ4v) is 3.53. The van der Waals surface area contributed by atoms with E-state index < -0.39 is 0 Å². The van der Waals surface area contributed by atoms with Crippen LogP contribution < -0.4 is 4.74 Å². The number of aliphatic imine (C=N–C) groups is 1. The van der Waals surface area contributed by atoms with Crippen molar-refractivity contribution < 1.29 is 4.74 Å². The lowest BCUT2D eigenvalue weighted by Gasteiger charge is -2.17. The number of ether oxygens (including phenoxy) is 1. The molecule has 0 saturated carbocycles. The van der Waals surface area contributed by atoms with Gasteiger partial charge in [-0.3, -0.25) is 0 Å². The van der Waals surface area contributed by atoms with Gasteiger partial charge in [-0.2, -0.15) is 4.37 Å². The second-order valence-electron chi connectivity index (χ2n) is 7.01. The first-order valence-electron chi connectivity index (χ1n) is 9.12. The summed E-state index contributed by atoms with van der Waals surface area (Å²) in [5.74, 6) is 0.763. The minimum Gasteiger partial charge on any atom is -0.443 e. The molecule has 3 rings (SSSR count). The number of hydrogen-bond acceptors (Lipinski definition) is 4. The fourth-order valence-electron chi connectivity index (χ4n) is 2.51. The highest BCUT2D eigenvalue weighted by atomic mass is 35.5. The van der Waals surface area contributed by atoms with Crippen LogP contribution in [0.1, 0.15) is 25.0 Å². The maximum Gasteiger partial charge on any atom is 0.219 e. The van der Waals surface area contributed by atoms with Crippen LogP contribution in [0.3, 0.4) is 0 Å². The molecule has 0 spiro atoms. The van der Waals surface area contributed by atoms with Gasteiger partial charge in [0.25, 0.3) is 0 Å². The average Bonchev–Trinajstić information content (AvgIpc) is 3.04. The van der Waals surface area contributed by atoms with Crippen LogP contribution in [0.5, 0.6) is 10.8 Å². The van der Waals surface area contributed by atoms with Gasteiger partial charge in [0, 0.05) is 30.2 Å². The van der Waals surface area contributed by atoms with Crippen LogP contribution >= 0.6 is 23.1 Å². The molecule has 3 aromatic rings. The largest absolute Gasteiger partial charge is 0.443 e. The summed E-state index contributed by atoms with van der Waals surface area (Å²) in [7, 11) is 2.02. The second-order valence-corrected chi connectivity index (χ2v) is 8.12. The van der Waals surface area contributed by atoms with E-state index in [1.165, 1.54) is 11.5 Å². The van der Waals surface area contributed by atoms with E-state index in [0.29, 0.717) is 16.1 Å². The molecule has 4 nitrogen and oxygen atoms in total. The van der Waals surface area contributed by atoms with Gasteiger partial charge in [-0.05, 0) is 51.0 Å². The Labute approximate surface area is 175 Å². The minimum atomic E-state index is 0.403. The number of aromatic nitrogens is 1. The number of nitrogens with zero attached hydrogens (tertiary/aromatic N) is 3. The van der Waals surface area contributed by atoms with Gasteiger partial charge in [0.15, 0.2) is 0 Å². The van der Waals surface area contributed by atoms with Crippen LogP contribution in [0, 0.1) is 13.8 Å². The molecule has 0 radical (unpaired) electrons. The van der Waals surface area contributed by atoms with Crippen molar-refractivity contribution in [3.63, 3.8) is 0 Å². The zero-order valence-electron chi connectivity index (χ0n) is 16.7. The molecule has 0 aliphatic heterocycles. The molecule has 0 unspecified atom stereocenters. The summed E-state index contributed by atoms with van der Waals surface area (Å²) < 4.78 is 10.6. The number of hydrogen-bond donors (Lipinski definition) is 0. The van der Waals surface area contributed by atoms with E-state index in [0.717, 1.165) is 33.8 Å². The Hall–Kier alpha value is -2.37. The van der Waals surface area contributed by atoms with Gasteiger partial charge in [0.2, 0.25) is 5.06 Å². The third-order valence-electron chi connectivity index (χ3n) is 4.54. The predicted octanol–water partition coefficient (Wildman–Crippen LogP) is 6.87. The summed E-state index contributed by atoms with van der Waals surface area (Å²) in [4.78, 5) is 6.68. The highest BCUT2D eigenvalue weighted by molar-refractivity contribution is 7.08. The van der Waals surface area contributed by atoms with Gasteiger partial charge < -0.3 is 9.64 Å². The van der Waals surface area contributed by atoms with E-state index in [1.807, 2.05) is 69.7 Å². The van der Waals surface area contributed by atoms with Crippen LogP contribution in [0.2, 0.25) is 5.02 Å². The Morgan fingerprint density at radius 1 is 1.14 bits per heavy atom. The maximum absolute atomic E-state index is 6.54. The molecule has 2 aromatic carbocycles. The van der Waals surface area contributed by atoms with Crippen LogP contribution in [0.25, 0.3) is 11.3 Å². The number of halogens is 1. The van der Waals surface area contributed by atoms with Crippen molar-refractivity contribution in [2.75, 3.05) is 7.05 Å². The predicted molar refractivity (Wildman–Crippen MR) is 120 cm³/mol. The Morgan fingerprint density at radius 3 is 2.54 bits per heavy atom. The normalized spacial score (nSPS) is 11.4. The molecule has 0 bridgehead atoms. The van der Waals surface area contributed by atoms with Gasteiger partial charge in [-0.25, -0.2) is 4.99 Å². The first-order valence-corrected chi connectivity index (χ1v) is 10.3. The third-order valence-corrected chi connectivity index (χ3v) is 5.73. The van der Waals surface area contributed by atoms with Crippen molar-refractivity contribution >= 4 is 35.2 Å². The molecule has 0 aliphatic carbocycles. The lowest BCUT2D eigenvalue weighted by molar-refractivity contribution is 0.429. The van der Waals surface area contributed by atoms with Gasteiger partial charge in [-0.1, -0.05) is 41.9 Å². The van der Waals surface area contributed by atoms with Crippen molar-refractivity contribution in [2.24, 2.45) is 4.99 Å². The summed E-state index contributed by atoms with van der Waals surface area (Å²) >= 11 is 7.80. The van der Waals surface area contributed by atoms with Crippen LogP contribution in [0.4, 0.5) is 5.69 Å². The number of benzene rings is 2. The number of aryl methyl sites for hydroxylation is 2. The maximum atomic E-state index is 6.54. The molecule has 6 heteroatoms. The SMILES string of the molecule is Cc1cc(Oc2snc(-c3ccccc3)c2Cl)c(C)cc1/N=C\N(C)C(C)C. The second kappa shape index (κ2) is 8.76. The van der Waals surface area contributed by atoms with Crippen LogP contribution in [0.15, 0.2) is 47.5 Å². The molecule has 28 heavy (non-hydrogen) atoms. The molecule has 0 fully saturated rings. The van der Waals surface area contributed by atoms with Crippen molar-refractivity contribution in [1.82, 2.24) is 9.27 Å².